The molecule has 0 unspecified atom stereocenters. The zero-order chi connectivity index (χ0) is 23.8. The SMILES string of the molecule is O=C(O)c1ccc(NCCc2ccc3c(c2)OCCO3)cc1-c1ncc2c3c(sc2n1)CCCC3. The van der Waals surface area contributed by atoms with E-state index in [-0.39, 0.29) is 5.56 Å². The van der Waals surface area contributed by atoms with E-state index in [4.69, 9.17) is 14.5 Å². The van der Waals surface area contributed by atoms with E-state index >= 15 is 0 Å². The number of thiophene rings is 1. The molecule has 0 spiro atoms. The van der Waals surface area contributed by atoms with Crippen LogP contribution in [0.25, 0.3) is 21.6 Å². The van der Waals surface area contributed by atoms with Gasteiger partial charge in [-0.05, 0) is 73.6 Å². The lowest BCUT2D eigenvalue weighted by Gasteiger charge is -2.19. The monoisotopic (exact) mass is 487 g/mol. The second-order valence-corrected chi connectivity index (χ2v) is 9.93. The van der Waals surface area contributed by atoms with E-state index in [1.54, 1.807) is 23.5 Å². The van der Waals surface area contributed by atoms with Crippen molar-refractivity contribution in [2.24, 2.45) is 0 Å². The number of benzene rings is 2. The maximum Gasteiger partial charge on any atom is 0.336 e. The Kier molecular flexibility index (Phi) is 5.74. The number of carboxylic acid groups (broad SMARTS) is 1. The van der Waals surface area contributed by atoms with Crippen molar-refractivity contribution in [1.82, 2.24) is 9.97 Å². The number of hydrogen-bond donors (Lipinski definition) is 2. The molecule has 0 fully saturated rings. The van der Waals surface area contributed by atoms with E-state index in [0.717, 1.165) is 52.2 Å². The van der Waals surface area contributed by atoms with Crippen LogP contribution in [0.1, 0.15) is 39.2 Å². The lowest BCUT2D eigenvalue weighted by atomic mass is 9.97. The van der Waals surface area contributed by atoms with E-state index in [1.807, 2.05) is 30.5 Å². The van der Waals surface area contributed by atoms with Gasteiger partial charge in [0.25, 0.3) is 0 Å². The van der Waals surface area contributed by atoms with Gasteiger partial charge in [-0.15, -0.1) is 11.3 Å². The fourth-order valence-corrected chi connectivity index (χ4v) is 6.03. The van der Waals surface area contributed by atoms with Crippen LogP contribution in [0, 0.1) is 0 Å². The molecule has 3 heterocycles. The number of carboxylic acids is 1. The maximum absolute atomic E-state index is 12.0. The summed E-state index contributed by atoms with van der Waals surface area (Å²) in [4.78, 5) is 23.7. The van der Waals surface area contributed by atoms with Crippen molar-refractivity contribution in [3.05, 3.63) is 64.2 Å². The number of nitrogens with one attached hydrogen (secondary N) is 1. The van der Waals surface area contributed by atoms with Crippen LogP contribution in [0.4, 0.5) is 5.69 Å². The third-order valence-corrected chi connectivity index (χ3v) is 7.76. The number of ether oxygens (including phenoxy) is 2. The smallest absolute Gasteiger partial charge is 0.336 e. The quantitative estimate of drug-likeness (QED) is 0.378. The first kappa shape index (κ1) is 21.9. The average Bonchev–Trinajstić information content (AvgIpc) is 3.26. The standard InChI is InChI=1S/C27H25N3O4S/c31-27(32)19-7-6-17(28-10-9-16-5-8-22-23(13-16)34-12-11-33-22)14-20(19)25-29-15-21-18-3-1-2-4-24(18)35-26(21)30-25/h5-8,13-15,28H,1-4,9-12H2,(H,31,32). The third-order valence-electron chi connectivity index (χ3n) is 6.56. The van der Waals surface area contributed by atoms with Crippen LogP contribution in [-0.4, -0.2) is 40.8 Å². The minimum Gasteiger partial charge on any atom is -0.486 e. The van der Waals surface area contributed by atoms with Crippen molar-refractivity contribution < 1.29 is 19.4 Å². The second-order valence-electron chi connectivity index (χ2n) is 8.84. The van der Waals surface area contributed by atoms with E-state index in [2.05, 4.69) is 10.3 Å². The maximum atomic E-state index is 12.0. The topological polar surface area (TPSA) is 93.6 Å². The molecular weight excluding hydrogens is 462 g/mol. The van der Waals surface area contributed by atoms with Crippen molar-refractivity contribution in [2.45, 2.75) is 32.1 Å². The molecule has 1 aliphatic heterocycles. The highest BCUT2D eigenvalue weighted by Crippen LogP contribution is 2.36. The molecule has 1 aliphatic carbocycles. The molecule has 178 valence electrons. The highest BCUT2D eigenvalue weighted by atomic mass is 32.1. The summed E-state index contributed by atoms with van der Waals surface area (Å²) in [5.41, 5.74) is 4.06. The van der Waals surface area contributed by atoms with E-state index < -0.39 is 5.97 Å². The van der Waals surface area contributed by atoms with E-state index in [9.17, 15) is 9.90 Å². The molecule has 2 aliphatic rings. The van der Waals surface area contributed by atoms with Gasteiger partial charge in [0.1, 0.15) is 18.0 Å². The van der Waals surface area contributed by atoms with Crippen LogP contribution in [-0.2, 0) is 19.3 Å². The van der Waals surface area contributed by atoms with Crippen molar-refractivity contribution in [3.63, 3.8) is 0 Å². The average molecular weight is 488 g/mol. The predicted molar refractivity (Wildman–Crippen MR) is 136 cm³/mol. The lowest BCUT2D eigenvalue weighted by molar-refractivity contribution is 0.0697. The Morgan fingerprint density at radius 2 is 1.91 bits per heavy atom. The normalized spacial score (nSPS) is 14.5. The molecule has 6 rings (SSSR count). The number of aromatic carboxylic acids is 1. The molecule has 0 amide bonds. The molecule has 0 atom stereocenters. The molecule has 2 aromatic carbocycles. The molecular formula is C27H25N3O4S. The molecule has 0 saturated heterocycles. The summed E-state index contributed by atoms with van der Waals surface area (Å²) in [5.74, 6) is 1.02. The Morgan fingerprint density at radius 1 is 1.06 bits per heavy atom. The van der Waals surface area contributed by atoms with Crippen LogP contribution >= 0.6 is 11.3 Å². The van der Waals surface area contributed by atoms with Gasteiger partial charge in [0.15, 0.2) is 17.3 Å². The zero-order valence-electron chi connectivity index (χ0n) is 19.2. The summed E-state index contributed by atoms with van der Waals surface area (Å²) < 4.78 is 11.3. The minimum atomic E-state index is -0.989. The van der Waals surface area contributed by atoms with Gasteiger partial charge < -0.3 is 19.9 Å². The van der Waals surface area contributed by atoms with Crippen LogP contribution in [0.2, 0.25) is 0 Å². The molecule has 0 bridgehead atoms. The highest BCUT2D eigenvalue weighted by Gasteiger charge is 2.20. The largest absolute Gasteiger partial charge is 0.486 e. The Morgan fingerprint density at radius 3 is 2.80 bits per heavy atom. The fraction of sp³-hybridized carbons (Fsp3) is 0.296. The number of aromatic nitrogens is 2. The Labute approximate surface area is 206 Å². The molecule has 0 radical (unpaired) electrons. The second kappa shape index (κ2) is 9.19. The molecule has 8 heteroatoms. The van der Waals surface area contributed by atoms with Crippen molar-refractivity contribution >= 4 is 33.2 Å². The van der Waals surface area contributed by atoms with Crippen LogP contribution in [0.15, 0.2) is 42.6 Å². The first-order chi connectivity index (χ1) is 17.2. The Balaban J connectivity index is 1.24. The number of nitrogens with zero attached hydrogens (tertiary/aromatic N) is 2. The summed E-state index contributed by atoms with van der Waals surface area (Å²) >= 11 is 1.71. The lowest BCUT2D eigenvalue weighted by Crippen LogP contribution is -2.15. The molecule has 7 nitrogen and oxygen atoms in total. The van der Waals surface area contributed by atoms with Gasteiger partial charge in [0.2, 0.25) is 0 Å². The van der Waals surface area contributed by atoms with Crippen LogP contribution in [0.5, 0.6) is 11.5 Å². The number of hydrogen-bond acceptors (Lipinski definition) is 7. The summed E-state index contributed by atoms with van der Waals surface area (Å²) in [6, 6.07) is 11.2. The molecule has 0 saturated carbocycles. The van der Waals surface area contributed by atoms with E-state index in [0.29, 0.717) is 31.1 Å². The summed E-state index contributed by atoms with van der Waals surface area (Å²) in [7, 11) is 0. The van der Waals surface area contributed by atoms with Crippen molar-refractivity contribution in [3.8, 4) is 22.9 Å². The summed E-state index contributed by atoms with van der Waals surface area (Å²) in [6.45, 7) is 1.83. The van der Waals surface area contributed by atoms with Gasteiger partial charge in [0.05, 0.1) is 5.56 Å². The molecule has 4 aromatic rings. The molecule has 2 N–H and O–H groups in total. The highest BCUT2D eigenvalue weighted by molar-refractivity contribution is 7.18. The van der Waals surface area contributed by atoms with Gasteiger partial charge in [-0.2, -0.15) is 0 Å². The van der Waals surface area contributed by atoms with Gasteiger partial charge in [-0.3, -0.25) is 0 Å². The minimum absolute atomic E-state index is 0.197. The number of aryl methyl sites for hydroxylation is 2. The molecule has 2 aromatic heterocycles. The fourth-order valence-electron chi connectivity index (χ4n) is 4.79. The zero-order valence-corrected chi connectivity index (χ0v) is 20.0. The van der Waals surface area contributed by atoms with E-state index in [1.165, 1.54) is 23.3 Å². The number of rotatable bonds is 6. The third kappa shape index (κ3) is 4.30. The van der Waals surface area contributed by atoms with Crippen molar-refractivity contribution in [1.29, 1.82) is 0 Å². The van der Waals surface area contributed by atoms with Crippen molar-refractivity contribution in [2.75, 3.05) is 25.1 Å². The van der Waals surface area contributed by atoms with Gasteiger partial charge in [-0.1, -0.05) is 6.07 Å². The first-order valence-electron chi connectivity index (χ1n) is 11.9. The number of carbonyl (C=O) groups is 1. The Bertz CT molecular complexity index is 1430. The van der Waals surface area contributed by atoms with Gasteiger partial charge in [-0.25, -0.2) is 14.8 Å². The predicted octanol–water partition coefficient (Wildman–Crippen LogP) is 5.36. The Hall–Kier alpha value is -3.65. The molecule has 35 heavy (non-hydrogen) atoms. The summed E-state index contributed by atoms with van der Waals surface area (Å²) in [6.07, 6.45) is 7.23. The van der Waals surface area contributed by atoms with Crippen LogP contribution in [0.3, 0.4) is 0 Å². The number of fused-ring (bicyclic) bond motifs is 4. The van der Waals surface area contributed by atoms with Gasteiger partial charge >= 0.3 is 5.97 Å². The summed E-state index contributed by atoms with van der Waals surface area (Å²) in [5, 5.41) is 14.3. The first-order valence-corrected chi connectivity index (χ1v) is 12.7. The van der Waals surface area contributed by atoms with Crippen LogP contribution < -0.4 is 14.8 Å². The number of anilines is 1. The van der Waals surface area contributed by atoms with Gasteiger partial charge in [0, 0.05) is 34.3 Å².